The van der Waals surface area contributed by atoms with Crippen molar-refractivity contribution in [3.05, 3.63) is 28.8 Å². The molecule has 0 bridgehead atoms. The van der Waals surface area contributed by atoms with Crippen LogP contribution in [0.2, 0.25) is 0 Å². The Morgan fingerprint density at radius 2 is 1.94 bits per heavy atom. The van der Waals surface area contributed by atoms with Crippen LogP contribution in [0.15, 0.2) is 12.1 Å². The predicted molar refractivity (Wildman–Crippen MR) is 71.8 cm³/mol. The van der Waals surface area contributed by atoms with Crippen LogP contribution in [0.25, 0.3) is 0 Å². The van der Waals surface area contributed by atoms with Gasteiger partial charge in [-0.3, -0.25) is 0 Å². The number of aryl methyl sites for hydroxylation is 2. The number of benzene rings is 1. The first-order valence-corrected chi connectivity index (χ1v) is 6.52. The van der Waals surface area contributed by atoms with Crippen molar-refractivity contribution in [2.75, 3.05) is 7.05 Å². The largest absolute Gasteiger partial charge is 0.490 e. The lowest BCUT2D eigenvalue weighted by molar-refractivity contribution is 0.205. The highest BCUT2D eigenvalue weighted by molar-refractivity contribution is 5.42. The quantitative estimate of drug-likeness (QED) is 0.866. The highest BCUT2D eigenvalue weighted by atomic mass is 16.5. The summed E-state index contributed by atoms with van der Waals surface area (Å²) in [5.41, 5.74) is 3.89. The number of nitrogens with one attached hydrogen (secondary N) is 1. The van der Waals surface area contributed by atoms with Crippen molar-refractivity contribution in [2.24, 2.45) is 0 Å². The van der Waals surface area contributed by atoms with E-state index < -0.39 is 0 Å². The Hall–Kier alpha value is -1.02. The lowest BCUT2D eigenvalue weighted by atomic mass is 10.1. The first-order valence-electron chi connectivity index (χ1n) is 6.52. The Morgan fingerprint density at radius 1 is 1.18 bits per heavy atom. The third kappa shape index (κ3) is 2.81. The molecule has 1 aliphatic rings. The van der Waals surface area contributed by atoms with E-state index in [4.69, 9.17) is 4.74 Å². The van der Waals surface area contributed by atoms with Gasteiger partial charge in [-0.1, -0.05) is 6.07 Å². The maximum atomic E-state index is 6.16. The van der Waals surface area contributed by atoms with Crippen LogP contribution in [-0.2, 0) is 0 Å². The highest BCUT2D eigenvalue weighted by Gasteiger charge is 2.25. The van der Waals surface area contributed by atoms with E-state index in [1.165, 1.54) is 23.1 Å². The third-order valence-electron chi connectivity index (χ3n) is 3.85. The zero-order valence-corrected chi connectivity index (χ0v) is 11.3. The first kappa shape index (κ1) is 12.4. The van der Waals surface area contributed by atoms with Crippen LogP contribution < -0.4 is 10.1 Å². The highest BCUT2D eigenvalue weighted by Crippen LogP contribution is 2.29. The van der Waals surface area contributed by atoms with Crippen molar-refractivity contribution in [3.8, 4) is 5.75 Å². The van der Waals surface area contributed by atoms with Crippen LogP contribution >= 0.6 is 0 Å². The van der Waals surface area contributed by atoms with E-state index in [2.05, 4.69) is 38.2 Å². The summed E-state index contributed by atoms with van der Waals surface area (Å²) in [5, 5.41) is 3.34. The molecule has 2 heteroatoms. The van der Waals surface area contributed by atoms with E-state index in [1.807, 2.05) is 7.05 Å². The summed E-state index contributed by atoms with van der Waals surface area (Å²) in [6, 6.07) is 5.01. The summed E-state index contributed by atoms with van der Waals surface area (Å²) in [4.78, 5) is 0. The van der Waals surface area contributed by atoms with Crippen molar-refractivity contribution in [1.29, 1.82) is 0 Å². The van der Waals surface area contributed by atoms with Crippen molar-refractivity contribution in [1.82, 2.24) is 5.32 Å². The molecule has 0 amide bonds. The minimum Gasteiger partial charge on any atom is -0.490 e. The molecule has 2 atom stereocenters. The molecule has 1 aromatic carbocycles. The lowest BCUT2D eigenvalue weighted by Crippen LogP contribution is -2.23. The molecule has 0 aliphatic heterocycles. The van der Waals surface area contributed by atoms with Crippen LogP contribution in [-0.4, -0.2) is 19.2 Å². The minimum atomic E-state index is 0.382. The van der Waals surface area contributed by atoms with Gasteiger partial charge in [0.1, 0.15) is 11.9 Å². The smallest absolute Gasteiger partial charge is 0.123 e. The number of rotatable bonds is 3. The zero-order chi connectivity index (χ0) is 12.4. The molecule has 1 saturated carbocycles. The van der Waals surface area contributed by atoms with Gasteiger partial charge < -0.3 is 10.1 Å². The molecule has 0 spiro atoms. The lowest BCUT2D eigenvalue weighted by Gasteiger charge is -2.17. The molecule has 2 nitrogen and oxygen atoms in total. The van der Waals surface area contributed by atoms with Gasteiger partial charge in [0.25, 0.3) is 0 Å². The van der Waals surface area contributed by atoms with Gasteiger partial charge in [0, 0.05) is 6.04 Å². The van der Waals surface area contributed by atoms with Crippen LogP contribution in [0.3, 0.4) is 0 Å². The molecule has 0 heterocycles. The predicted octanol–water partition coefficient (Wildman–Crippen LogP) is 3.13. The number of ether oxygens (including phenoxy) is 1. The Labute approximate surface area is 104 Å². The molecular formula is C15H23NO. The molecule has 2 rings (SSSR count). The van der Waals surface area contributed by atoms with Gasteiger partial charge in [-0.05, 0) is 69.8 Å². The van der Waals surface area contributed by atoms with Gasteiger partial charge in [0.2, 0.25) is 0 Å². The van der Waals surface area contributed by atoms with E-state index in [-0.39, 0.29) is 0 Å². The normalized spacial score (nSPS) is 24.0. The van der Waals surface area contributed by atoms with Crippen LogP contribution in [0, 0.1) is 20.8 Å². The molecule has 1 fully saturated rings. The molecule has 1 N–H and O–H groups in total. The van der Waals surface area contributed by atoms with Gasteiger partial charge in [-0.25, -0.2) is 0 Å². The van der Waals surface area contributed by atoms with Gasteiger partial charge >= 0.3 is 0 Å². The maximum absolute atomic E-state index is 6.16. The summed E-state index contributed by atoms with van der Waals surface area (Å²) < 4.78 is 6.16. The van der Waals surface area contributed by atoms with Gasteiger partial charge in [-0.2, -0.15) is 0 Å². The average Bonchev–Trinajstić information content (AvgIpc) is 2.73. The Balaban J connectivity index is 2.09. The fourth-order valence-corrected chi connectivity index (χ4v) is 2.61. The molecular weight excluding hydrogens is 210 g/mol. The molecule has 1 aliphatic carbocycles. The average molecular weight is 233 g/mol. The molecule has 94 valence electrons. The Morgan fingerprint density at radius 3 is 2.59 bits per heavy atom. The molecule has 0 radical (unpaired) electrons. The van der Waals surface area contributed by atoms with Crippen molar-refractivity contribution < 1.29 is 4.74 Å². The van der Waals surface area contributed by atoms with Crippen molar-refractivity contribution in [2.45, 2.75) is 52.2 Å². The summed E-state index contributed by atoms with van der Waals surface area (Å²) in [6.45, 7) is 6.43. The molecule has 1 aromatic rings. The third-order valence-corrected chi connectivity index (χ3v) is 3.85. The second-order valence-corrected chi connectivity index (χ2v) is 5.24. The number of hydrogen-bond donors (Lipinski definition) is 1. The summed E-state index contributed by atoms with van der Waals surface area (Å²) >= 11 is 0. The van der Waals surface area contributed by atoms with Gasteiger partial charge in [0.15, 0.2) is 0 Å². The molecule has 2 unspecified atom stereocenters. The molecule has 17 heavy (non-hydrogen) atoms. The molecule has 0 saturated heterocycles. The van der Waals surface area contributed by atoms with Crippen molar-refractivity contribution in [3.63, 3.8) is 0 Å². The van der Waals surface area contributed by atoms with Gasteiger partial charge in [0.05, 0.1) is 0 Å². The standard InChI is InChI=1S/C15H23NO/c1-10-7-11(2)12(3)15(8-10)17-14-6-5-13(9-14)16-4/h7-8,13-14,16H,5-6,9H2,1-4H3. The SMILES string of the molecule is CNC1CCC(Oc2cc(C)cc(C)c2C)C1. The minimum absolute atomic E-state index is 0.382. The number of hydrogen-bond acceptors (Lipinski definition) is 2. The maximum Gasteiger partial charge on any atom is 0.123 e. The Kier molecular flexibility index (Phi) is 3.72. The summed E-state index contributed by atoms with van der Waals surface area (Å²) in [6.07, 6.45) is 3.90. The van der Waals surface area contributed by atoms with Crippen molar-refractivity contribution >= 4 is 0 Å². The van der Waals surface area contributed by atoms with E-state index in [1.54, 1.807) is 0 Å². The van der Waals surface area contributed by atoms with Crippen LogP contribution in [0.1, 0.15) is 36.0 Å². The van der Waals surface area contributed by atoms with E-state index in [0.29, 0.717) is 12.1 Å². The van der Waals surface area contributed by atoms with Crippen LogP contribution in [0.5, 0.6) is 5.75 Å². The molecule has 0 aromatic heterocycles. The first-order chi connectivity index (χ1) is 8.10. The second-order valence-electron chi connectivity index (χ2n) is 5.24. The fraction of sp³-hybridized carbons (Fsp3) is 0.600. The van der Waals surface area contributed by atoms with Crippen LogP contribution in [0.4, 0.5) is 0 Å². The zero-order valence-electron chi connectivity index (χ0n) is 11.3. The Bertz CT molecular complexity index is 400. The van der Waals surface area contributed by atoms with E-state index in [0.717, 1.165) is 18.6 Å². The van der Waals surface area contributed by atoms with E-state index >= 15 is 0 Å². The summed E-state index contributed by atoms with van der Waals surface area (Å²) in [7, 11) is 2.04. The summed E-state index contributed by atoms with van der Waals surface area (Å²) in [5.74, 6) is 1.07. The van der Waals surface area contributed by atoms with Gasteiger partial charge in [-0.15, -0.1) is 0 Å². The monoisotopic (exact) mass is 233 g/mol. The van der Waals surface area contributed by atoms with E-state index in [9.17, 15) is 0 Å². The second kappa shape index (κ2) is 5.09. The fourth-order valence-electron chi connectivity index (χ4n) is 2.61. The topological polar surface area (TPSA) is 21.3 Å².